The number of hydrogen-bond acceptors (Lipinski definition) is 3. The molecule has 0 radical (unpaired) electrons. The second-order valence-corrected chi connectivity index (χ2v) is 6.29. The predicted octanol–water partition coefficient (Wildman–Crippen LogP) is 3.58. The van der Waals surface area contributed by atoms with E-state index in [0.717, 1.165) is 18.8 Å². The van der Waals surface area contributed by atoms with E-state index in [4.69, 9.17) is 4.74 Å². The average Bonchev–Trinajstić information content (AvgIpc) is 2.98. The highest BCUT2D eigenvalue weighted by atomic mass is 32.1. The Morgan fingerprint density at radius 1 is 1.28 bits per heavy atom. The molecule has 2 heterocycles. The smallest absolute Gasteiger partial charge is 0.114 e. The van der Waals surface area contributed by atoms with Crippen LogP contribution in [0, 0.1) is 0 Å². The third-order valence-corrected chi connectivity index (χ3v) is 5.16. The highest BCUT2D eigenvalue weighted by molar-refractivity contribution is 7.12. The molecule has 18 heavy (non-hydrogen) atoms. The zero-order chi connectivity index (χ0) is 12.4. The second-order valence-electron chi connectivity index (χ2n) is 5.12. The van der Waals surface area contributed by atoms with Gasteiger partial charge in [0.2, 0.25) is 0 Å². The molecule has 1 atom stereocenters. The lowest BCUT2D eigenvalue weighted by atomic mass is 10.1. The monoisotopic (exact) mass is 263 g/mol. The first-order chi connectivity index (χ1) is 8.88. The summed E-state index contributed by atoms with van der Waals surface area (Å²) in [5.41, 5.74) is 1.59. The summed E-state index contributed by atoms with van der Waals surface area (Å²) >= 11 is 1.98. The molecule has 0 saturated carbocycles. The standard InChI is InChI=1S/C15H21NOS/c1-16-15(12-7-5-9-17-12)14-10-11-6-3-2-4-8-13(11)18-14/h7,10,15-16H,2-6,8-9H2,1H3. The van der Waals surface area contributed by atoms with Crippen LogP contribution in [0.2, 0.25) is 0 Å². The molecular formula is C15H21NOS. The number of aryl methyl sites for hydroxylation is 2. The van der Waals surface area contributed by atoms with Crippen molar-refractivity contribution in [1.82, 2.24) is 5.32 Å². The van der Waals surface area contributed by atoms with Gasteiger partial charge in [-0.25, -0.2) is 0 Å². The van der Waals surface area contributed by atoms with Gasteiger partial charge in [-0.05, 0) is 50.4 Å². The summed E-state index contributed by atoms with van der Waals surface area (Å²) in [5, 5.41) is 3.40. The molecule has 1 aromatic heterocycles. The number of rotatable bonds is 3. The van der Waals surface area contributed by atoms with Crippen LogP contribution >= 0.6 is 11.3 Å². The molecule has 1 N–H and O–H groups in total. The minimum Gasteiger partial charge on any atom is -0.496 e. The summed E-state index contributed by atoms with van der Waals surface area (Å²) in [5.74, 6) is 1.12. The maximum atomic E-state index is 5.72. The van der Waals surface area contributed by atoms with Gasteiger partial charge in [0.15, 0.2) is 0 Å². The Bertz CT molecular complexity index is 426. The van der Waals surface area contributed by atoms with Crippen molar-refractivity contribution >= 4 is 11.3 Å². The number of thiophene rings is 1. The van der Waals surface area contributed by atoms with Crippen LogP contribution < -0.4 is 5.32 Å². The fourth-order valence-electron chi connectivity index (χ4n) is 2.90. The van der Waals surface area contributed by atoms with Gasteiger partial charge < -0.3 is 10.1 Å². The molecule has 3 heteroatoms. The predicted molar refractivity (Wildman–Crippen MR) is 76.0 cm³/mol. The highest BCUT2D eigenvalue weighted by Gasteiger charge is 2.23. The second kappa shape index (κ2) is 5.45. The molecular weight excluding hydrogens is 242 g/mol. The van der Waals surface area contributed by atoms with Gasteiger partial charge in [-0.2, -0.15) is 0 Å². The van der Waals surface area contributed by atoms with Crippen LogP contribution in [-0.2, 0) is 17.6 Å². The Balaban J connectivity index is 1.86. The number of hydrogen-bond donors (Lipinski definition) is 1. The summed E-state index contributed by atoms with van der Waals surface area (Å²) in [7, 11) is 2.03. The van der Waals surface area contributed by atoms with Crippen LogP contribution in [0.5, 0.6) is 0 Å². The van der Waals surface area contributed by atoms with E-state index in [9.17, 15) is 0 Å². The van der Waals surface area contributed by atoms with Gasteiger partial charge in [0, 0.05) is 16.2 Å². The van der Waals surface area contributed by atoms with Gasteiger partial charge in [0.1, 0.15) is 5.76 Å². The minimum absolute atomic E-state index is 0.268. The van der Waals surface area contributed by atoms with Gasteiger partial charge in [0.05, 0.1) is 12.6 Å². The van der Waals surface area contributed by atoms with Crippen molar-refractivity contribution in [1.29, 1.82) is 0 Å². The van der Waals surface area contributed by atoms with Gasteiger partial charge in [-0.3, -0.25) is 0 Å². The maximum Gasteiger partial charge on any atom is 0.114 e. The molecule has 0 spiro atoms. The lowest BCUT2D eigenvalue weighted by Crippen LogP contribution is -2.17. The zero-order valence-electron chi connectivity index (χ0n) is 11.0. The SMILES string of the molecule is CNC(C1=CCCO1)c1cc2c(s1)CCCCC2. The topological polar surface area (TPSA) is 21.3 Å². The molecule has 0 aromatic carbocycles. The summed E-state index contributed by atoms with van der Waals surface area (Å²) in [6.07, 6.45) is 9.92. The van der Waals surface area contributed by atoms with Crippen molar-refractivity contribution in [3.8, 4) is 0 Å². The summed E-state index contributed by atoms with van der Waals surface area (Å²) in [4.78, 5) is 3.04. The number of likely N-dealkylation sites (N-methyl/N-ethyl adjacent to an activating group) is 1. The molecule has 1 aliphatic heterocycles. The van der Waals surface area contributed by atoms with E-state index in [0.29, 0.717) is 0 Å². The van der Waals surface area contributed by atoms with Crippen molar-refractivity contribution < 1.29 is 4.74 Å². The van der Waals surface area contributed by atoms with Crippen molar-refractivity contribution in [2.75, 3.05) is 13.7 Å². The van der Waals surface area contributed by atoms with E-state index in [-0.39, 0.29) is 6.04 Å². The Morgan fingerprint density at radius 3 is 2.94 bits per heavy atom. The van der Waals surface area contributed by atoms with E-state index in [2.05, 4.69) is 17.5 Å². The normalized spacial score (nSPS) is 20.8. The van der Waals surface area contributed by atoms with Crippen LogP contribution in [0.25, 0.3) is 0 Å². The molecule has 2 aliphatic rings. The largest absolute Gasteiger partial charge is 0.496 e. The fraction of sp³-hybridized carbons (Fsp3) is 0.600. The van der Waals surface area contributed by atoms with E-state index >= 15 is 0 Å². The third-order valence-electron chi connectivity index (χ3n) is 3.86. The number of fused-ring (bicyclic) bond motifs is 1. The molecule has 0 saturated heterocycles. The Labute approximate surface area is 113 Å². The van der Waals surface area contributed by atoms with Gasteiger partial charge in [-0.15, -0.1) is 11.3 Å². The zero-order valence-corrected chi connectivity index (χ0v) is 11.8. The summed E-state index contributed by atoms with van der Waals surface area (Å²) in [6, 6.07) is 2.68. The number of ether oxygens (including phenoxy) is 1. The lowest BCUT2D eigenvalue weighted by molar-refractivity contribution is 0.219. The molecule has 1 aliphatic carbocycles. The molecule has 2 nitrogen and oxygen atoms in total. The van der Waals surface area contributed by atoms with Crippen LogP contribution in [-0.4, -0.2) is 13.7 Å². The maximum absolute atomic E-state index is 5.72. The lowest BCUT2D eigenvalue weighted by Gasteiger charge is -2.15. The quantitative estimate of drug-likeness (QED) is 0.842. The van der Waals surface area contributed by atoms with Gasteiger partial charge >= 0.3 is 0 Å². The van der Waals surface area contributed by atoms with Gasteiger partial charge in [-0.1, -0.05) is 6.42 Å². The van der Waals surface area contributed by atoms with Crippen LogP contribution in [0.15, 0.2) is 17.9 Å². The van der Waals surface area contributed by atoms with E-state index < -0.39 is 0 Å². The van der Waals surface area contributed by atoms with Crippen molar-refractivity contribution in [2.24, 2.45) is 0 Å². The fourth-order valence-corrected chi connectivity index (χ4v) is 4.27. The van der Waals surface area contributed by atoms with E-state index in [1.807, 2.05) is 18.4 Å². The highest BCUT2D eigenvalue weighted by Crippen LogP contribution is 2.36. The Kier molecular flexibility index (Phi) is 3.71. The first-order valence-corrected chi connectivity index (χ1v) is 7.81. The van der Waals surface area contributed by atoms with E-state index in [1.54, 1.807) is 10.4 Å². The molecule has 0 amide bonds. The minimum atomic E-state index is 0.268. The van der Waals surface area contributed by atoms with E-state index in [1.165, 1.54) is 37.0 Å². The third kappa shape index (κ3) is 2.34. The summed E-state index contributed by atoms with van der Waals surface area (Å²) < 4.78 is 5.72. The Morgan fingerprint density at radius 2 is 2.17 bits per heavy atom. The van der Waals surface area contributed by atoms with Crippen molar-refractivity contribution in [3.63, 3.8) is 0 Å². The van der Waals surface area contributed by atoms with Crippen LogP contribution in [0.3, 0.4) is 0 Å². The Hall–Kier alpha value is -0.800. The molecule has 3 rings (SSSR count). The molecule has 1 unspecified atom stereocenters. The number of nitrogens with one attached hydrogen (secondary N) is 1. The summed E-state index contributed by atoms with van der Waals surface area (Å²) in [6.45, 7) is 0.846. The van der Waals surface area contributed by atoms with Crippen LogP contribution in [0.4, 0.5) is 0 Å². The van der Waals surface area contributed by atoms with Crippen LogP contribution in [0.1, 0.15) is 47.0 Å². The first kappa shape index (κ1) is 12.2. The molecule has 98 valence electrons. The van der Waals surface area contributed by atoms with Crippen molar-refractivity contribution in [2.45, 2.75) is 44.6 Å². The molecule has 0 fully saturated rings. The molecule has 1 aromatic rings. The van der Waals surface area contributed by atoms with Crippen molar-refractivity contribution in [3.05, 3.63) is 33.2 Å². The first-order valence-electron chi connectivity index (χ1n) is 7.00. The molecule has 0 bridgehead atoms. The average molecular weight is 263 g/mol. The van der Waals surface area contributed by atoms with Gasteiger partial charge in [0.25, 0.3) is 0 Å².